The number of hydrogen-bond donors (Lipinski definition) is 0. The highest BCUT2D eigenvalue weighted by Gasteiger charge is 2.70. The molecule has 2 saturated heterocycles. The van der Waals surface area contributed by atoms with Crippen molar-refractivity contribution in [3.05, 3.63) is 0 Å². The van der Waals surface area contributed by atoms with E-state index in [-0.39, 0.29) is 9.65 Å². The third-order valence-corrected chi connectivity index (χ3v) is 6.82. The zero-order valence-electron chi connectivity index (χ0n) is 9.94. The summed E-state index contributed by atoms with van der Waals surface area (Å²) in [5.41, 5.74) is 0. The summed E-state index contributed by atoms with van der Waals surface area (Å²) in [7, 11) is 0. The standard InChI is InChI=1S/C12H16Br2O4/c13-9-6-8-7(11(9)15-1-2-16-11)5-10(14)12(8)17-3-4-18-12/h7-10H,1-6H2/t7-,8-,9-,10+/m0/s1. The highest BCUT2D eigenvalue weighted by atomic mass is 79.9. The summed E-state index contributed by atoms with van der Waals surface area (Å²) in [6.07, 6.45) is 1.96. The van der Waals surface area contributed by atoms with Crippen LogP contribution in [0.25, 0.3) is 0 Å². The number of alkyl halides is 2. The van der Waals surface area contributed by atoms with Gasteiger partial charge in [-0.25, -0.2) is 0 Å². The molecule has 2 aliphatic carbocycles. The van der Waals surface area contributed by atoms with Gasteiger partial charge in [0.1, 0.15) is 0 Å². The Morgan fingerprint density at radius 2 is 1.00 bits per heavy atom. The van der Waals surface area contributed by atoms with Crippen molar-refractivity contribution in [1.82, 2.24) is 0 Å². The molecule has 0 aromatic carbocycles. The Morgan fingerprint density at radius 3 is 1.33 bits per heavy atom. The van der Waals surface area contributed by atoms with Crippen LogP contribution in [0.4, 0.5) is 0 Å². The summed E-state index contributed by atoms with van der Waals surface area (Å²) < 4.78 is 23.9. The maximum absolute atomic E-state index is 5.98. The molecule has 0 amide bonds. The molecular formula is C12H16Br2O4. The predicted molar refractivity (Wildman–Crippen MR) is 70.9 cm³/mol. The van der Waals surface area contributed by atoms with E-state index in [4.69, 9.17) is 18.9 Å². The second-order valence-electron chi connectivity index (χ2n) is 5.46. The Balaban J connectivity index is 1.71. The number of hydrogen-bond acceptors (Lipinski definition) is 4. The van der Waals surface area contributed by atoms with Gasteiger partial charge in [-0.15, -0.1) is 0 Å². The van der Waals surface area contributed by atoms with Crippen molar-refractivity contribution >= 4 is 31.9 Å². The van der Waals surface area contributed by atoms with E-state index in [0.29, 0.717) is 38.3 Å². The lowest BCUT2D eigenvalue weighted by atomic mass is 9.94. The molecule has 6 heteroatoms. The van der Waals surface area contributed by atoms with E-state index in [1.165, 1.54) is 0 Å². The van der Waals surface area contributed by atoms with E-state index >= 15 is 0 Å². The van der Waals surface area contributed by atoms with Crippen LogP contribution in [0, 0.1) is 11.8 Å². The molecule has 2 aliphatic heterocycles. The van der Waals surface area contributed by atoms with Crippen LogP contribution < -0.4 is 0 Å². The zero-order valence-corrected chi connectivity index (χ0v) is 13.1. The smallest absolute Gasteiger partial charge is 0.184 e. The van der Waals surface area contributed by atoms with Gasteiger partial charge in [0, 0.05) is 11.8 Å². The SMILES string of the molecule is Br[C@@H]1C[C@H]2[C@H](C[C@H](Br)C23OCCO3)C12OCCO2. The fourth-order valence-electron chi connectivity index (χ4n) is 4.13. The van der Waals surface area contributed by atoms with E-state index in [0.717, 1.165) is 12.8 Å². The number of fused-ring (bicyclic) bond motifs is 3. The van der Waals surface area contributed by atoms with Crippen molar-refractivity contribution in [2.24, 2.45) is 11.8 Å². The molecule has 0 N–H and O–H groups in total. The van der Waals surface area contributed by atoms with Gasteiger partial charge >= 0.3 is 0 Å². The molecule has 0 unspecified atom stereocenters. The van der Waals surface area contributed by atoms with Crippen molar-refractivity contribution < 1.29 is 18.9 Å². The van der Waals surface area contributed by atoms with Gasteiger partial charge in [-0.2, -0.15) is 0 Å². The van der Waals surface area contributed by atoms with Crippen molar-refractivity contribution in [3.8, 4) is 0 Å². The zero-order chi connectivity index (χ0) is 12.4. The summed E-state index contributed by atoms with van der Waals surface area (Å²) in [4.78, 5) is 0.458. The summed E-state index contributed by atoms with van der Waals surface area (Å²) in [6, 6.07) is 0. The highest BCUT2D eigenvalue weighted by Crippen LogP contribution is 2.62. The molecule has 4 nitrogen and oxygen atoms in total. The Morgan fingerprint density at radius 1 is 0.667 bits per heavy atom. The third-order valence-electron chi connectivity index (χ3n) is 4.79. The average molecular weight is 384 g/mol. The highest BCUT2D eigenvalue weighted by molar-refractivity contribution is 9.09. The molecule has 2 heterocycles. The van der Waals surface area contributed by atoms with Crippen LogP contribution in [0.15, 0.2) is 0 Å². The van der Waals surface area contributed by atoms with Gasteiger partial charge in [0.25, 0.3) is 0 Å². The second-order valence-corrected chi connectivity index (χ2v) is 7.67. The lowest BCUT2D eigenvalue weighted by Crippen LogP contribution is -2.43. The van der Waals surface area contributed by atoms with Crippen molar-refractivity contribution in [2.45, 2.75) is 34.1 Å². The fraction of sp³-hybridized carbons (Fsp3) is 1.00. The Labute approximate surface area is 123 Å². The molecule has 102 valence electrons. The molecule has 4 rings (SSSR count). The molecular weight excluding hydrogens is 368 g/mol. The van der Waals surface area contributed by atoms with Gasteiger partial charge < -0.3 is 18.9 Å². The van der Waals surface area contributed by atoms with Gasteiger partial charge in [-0.05, 0) is 12.8 Å². The number of ether oxygens (including phenoxy) is 4. The van der Waals surface area contributed by atoms with Gasteiger partial charge in [0.2, 0.25) is 0 Å². The molecule has 0 aromatic heterocycles. The molecule has 4 atom stereocenters. The minimum Gasteiger partial charge on any atom is -0.346 e. The average Bonchev–Trinajstić information content (AvgIpc) is 3.07. The van der Waals surface area contributed by atoms with Crippen LogP contribution in [0.2, 0.25) is 0 Å². The maximum Gasteiger partial charge on any atom is 0.184 e. The van der Waals surface area contributed by atoms with Gasteiger partial charge in [-0.1, -0.05) is 31.9 Å². The van der Waals surface area contributed by atoms with Crippen LogP contribution in [-0.2, 0) is 18.9 Å². The minimum atomic E-state index is -0.463. The molecule has 18 heavy (non-hydrogen) atoms. The summed E-state index contributed by atoms with van der Waals surface area (Å²) in [5, 5.41) is 0. The Bertz CT molecular complexity index is 318. The fourth-order valence-corrected chi connectivity index (χ4v) is 6.15. The molecule has 4 aliphatic rings. The lowest BCUT2D eigenvalue weighted by Gasteiger charge is -2.32. The second kappa shape index (κ2) is 4.15. The van der Waals surface area contributed by atoms with E-state index in [1.807, 2.05) is 0 Å². The first-order valence-corrected chi connectivity index (χ1v) is 8.36. The van der Waals surface area contributed by atoms with Gasteiger partial charge in [0.15, 0.2) is 11.6 Å². The summed E-state index contributed by atoms with van der Waals surface area (Å²) in [6.45, 7) is 2.75. The van der Waals surface area contributed by atoms with Crippen molar-refractivity contribution in [1.29, 1.82) is 0 Å². The normalized spacial score (nSPS) is 48.3. The summed E-state index contributed by atoms with van der Waals surface area (Å²) >= 11 is 7.50. The van der Waals surface area contributed by atoms with E-state index < -0.39 is 11.6 Å². The van der Waals surface area contributed by atoms with E-state index in [2.05, 4.69) is 31.9 Å². The first-order chi connectivity index (χ1) is 8.69. The molecule has 0 aromatic rings. The Hall–Kier alpha value is 0.800. The first kappa shape index (κ1) is 12.5. The van der Waals surface area contributed by atoms with Gasteiger partial charge in [-0.3, -0.25) is 0 Å². The van der Waals surface area contributed by atoms with Crippen LogP contribution in [0.1, 0.15) is 12.8 Å². The minimum absolute atomic E-state index is 0.229. The number of halogens is 2. The van der Waals surface area contributed by atoms with Crippen LogP contribution >= 0.6 is 31.9 Å². The lowest BCUT2D eigenvalue weighted by molar-refractivity contribution is -0.202. The topological polar surface area (TPSA) is 36.9 Å². The predicted octanol–water partition coefficient (Wildman–Crippen LogP) is 2.04. The molecule has 0 radical (unpaired) electrons. The number of rotatable bonds is 0. The van der Waals surface area contributed by atoms with E-state index in [1.54, 1.807) is 0 Å². The molecule has 2 spiro atoms. The largest absolute Gasteiger partial charge is 0.346 e. The third kappa shape index (κ3) is 1.40. The molecule has 4 fully saturated rings. The van der Waals surface area contributed by atoms with Gasteiger partial charge in [0.05, 0.1) is 36.1 Å². The van der Waals surface area contributed by atoms with E-state index in [9.17, 15) is 0 Å². The van der Waals surface area contributed by atoms with Crippen LogP contribution in [-0.4, -0.2) is 47.7 Å². The van der Waals surface area contributed by atoms with Crippen LogP contribution in [0.3, 0.4) is 0 Å². The monoisotopic (exact) mass is 382 g/mol. The summed E-state index contributed by atoms with van der Waals surface area (Å²) in [5.74, 6) is -0.246. The van der Waals surface area contributed by atoms with Crippen molar-refractivity contribution in [2.75, 3.05) is 26.4 Å². The first-order valence-electron chi connectivity index (χ1n) is 6.53. The van der Waals surface area contributed by atoms with Crippen molar-refractivity contribution in [3.63, 3.8) is 0 Å². The van der Waals surface area contributed by atoms with Crippen LogP contribution in [0.5, 0.6) is 0 Å². The molecule has 2 saturated carbocycles. The Kier molecular flexibility index (Phi) is 2.89. The molecule has 0 bridgehead atoms. The maximum atomic E-state index is 5.98. The quantitative estimate of drug-likeness (QED) is 0.600.